The Morgan fingerprint density at radius 3 is 2.30 bits per heavy atom. The minimum Gasteiger partial charge on any atom is -0.339 e. The van der Waals surface area contributed by atoms with Gasteiger partial charge in [0.05, 0.1) is 6.33 Å². The van der Waals surface area contributed by atoms with Crippen LogP contribution in [0.15, 0.2) is 78.2 Å². The molecule has 0 unspecified atom stereocenters. The third kappa shape index (κ3) is 3.68. The monoisotopic (exact) mass is 381 g/mol. The highest BCUT2D eigenvalue weighted by atomic mass is 32.2. The van der Waals surface area contributed by atoms with Gasteiger partial charge in [-0.3, -0.25) is 0 Å². The standard InChI is InChI=1S/C21H23N3O2S/c1-23-15-21(22-16-23)27(25,26)24-13-19(12-17-8-4-2-5-9-17)20(14-24)18-10-6-3-7-11-18/h2-11,15-16,19-20H,12-14H2,1H3/t19-,20+/m1/s1. The van der Waals surface area contributed by atoms with Gasteiger partial charge in [-0.2, -0.15) is 4.31 Å². The Balaban J connectivity index is 1.64. The lowest BCUT2D eigenvalue weighted by Gasteiger charge is -2.18. The molecule has 3 aromatic rings. The Labute approximate surface area is 160 Å². The number of imidazole rings is 1. The quantitative estimate of drug-likeness (QED) is 0.682. The largest absolute Gasteiger partial charge is 0.339 e. The predicted octanol–water partition coefficient (Wildman–Crippen LogP) is 3.07. The molecular formula is C21H23N3O2S. The van der Waals surface area contributed by atoms with Crippen molar-refractivity contribution in [3.05, 3.63) is 84.3 Å². The van der Waals surface area contributed by atoms with Crippen LogP contribution >= 0.6 is 0 Å². The number of aromatic nitrogens is 2. The van der Waals surface area contributed by atoms with Crippen LogP contribution in [0.25, 0.3) is 0 Å². The zero-order valence-corrected chi connectivity index (χ0v) is 16.1. The van der Waals surface area contributed by atoms with Crippen molar-refractivity contribution in [3.63, 3.8) is 0 Å². The molecule has 1 saturated heterocycles. The second-order valence-electron chi connectivity index (χ2n) is 7.17. The molecule has 1 aromatic heterocycles. The molecule has 0 N–H and O–H groups in total. The predicted molar refractivity (Wildman–Crippen MR) is 105 cm³/mol. The van der Waals surface area contributed by atoms with Crippen LogP contribution in [0.4, 0.5) is 0 Å². The zero-order valence-electron chi connectivity index (χ0n) is 15.3. The summed E-state index contributed by atoms with van der Waals surface area (Å²) in [5.41, 5.74) is 2.43. The summed E-state index contributed by atoms with van der Waals surface area (Å²) < 4.78 is 29.4. The Hall–Kier alpha value is -2.44. The number of rotatable bonds is 5. The molecule has 2 atom stereocenters. The van der Waals surface area contributed by atoms with E-state index in [0.717, 1.165) is 6.42 Å². The summed E-state index contributed by atoms with van der Waals surface area (Å²) in [5, 5.41) is 0.122. The van der Waals surface area contributed by atoms with Crippen molar-refractivity contribution >= 4 is 10.0 Å². The first kappa shape index (κ1) is 17.9. The normalized spacial score (nSPS) is 20.8. The molecule has 1 aliphatic heterocycles. The summed E-state index contributed by atoms with van der Waals surface area (Å²) in [5.74, 6) is 0.401. The first-order chi connectivity index (χ1) is 13.0. The lowest BCUT2D eigenvalue weighted by molar-refractivity contribution is 0.453. The maximum absolute atomic E-state index is 13.1. The van der Waals surface area contributed by atoms with E-state index < -0.39 is 10.0 Å². The summed E-state index contributed by atoms with van der Waals surface area (Å²) in [6.07, 6.45) is 3.95. The lowest BCUT2D eigenvalue weighted by Crippen LogP contribution is -2.29. The summed E-state index contributed by atoms with van der Waals surface area (Å²) in [6, 6.07) is 20.5. The minimum atomic E-state index is -3.58. The second kappa shape index (κ2) is 7.29. The highest BCUT2D eigenvalue weighted by molar-refractivity contribution is 7.89. The van der Waals surface area contributed by atoms with Crippen molar-refractivity contribution < 1.29 is 8.42 Å². The van der Waals surface area contributed by atoms with Crippen molar-refractivity contribution in [2.45, 2.75) is 17.4 Å². The molecule has 1 aliphatic rings. The lowest BCUT2D eigenvalue weighted by atomic mass is 9.85. The maximum atomic E-state index is 13.1. The topological polar surface area (TPSA) is 55.2 Å². The van der Waals surface area contributed by atoms with Gasteiger partial charge in [0, 0.05) is 32.3 Å². The third-order valence-electron chi connectivity index (χ3n) is 5.26. The van der Waals surface area contributed by atoms with Gasteiger partial charge >= 0.3 is 0 Å². The fourth-order valence-corrected chi connectivity index (χ4v) is 5.37. The molecule has 0 bridgehead atoms. The van der Waals surface area contributed by atoms with Crippen molar-refractivity contribution in [1.29, 1.82) is 0 Å². The summed E-state index contributed by atoms with van der Waals surface area (Å²) in [7, 11) is -1.80. The molecule has 2 heterocycles. The molecule has 5 nitrogen and oxygen atoms in total. The van der Waals surface area contributed by atoms with Gasteiger partial charge in [0.1, 0.15) is 0 Å². The Bertz CT molecular complexity index is 1000. The van der Waals surface area contributed by atoms with Crippen molar-refractivity contribution in [2.75, 3.05) is 13.1 Å². The van der Waals surface area contributed by atoms with E-state index in [1.54, 1.807) is 22.1 Å². The average Bonchev–Trinajstić information content (AvgIpc) is 3.31. The highest BCUT2D eigenvalue weighted by Crippen LogP contribution is 2.37. The van der Waals surface area contributed by atoms with E-state index in [1.807, 2.05) is 36.4 Å². The minimum absolute atomic E-state index is 0.122. The second-order valence-corrected chi connectivity index (χ2v) is 9.05. The number of benzene rings is 2. The van der Waals surface area contributed by atoms with Gasteiger partial charge in [0.15, 0.2) is 5.03 Å². The summed E-state index contributed by atoms with van der Waals surface area (Å²) >= 11 is 0. The van der Waals surface area contributed by atoms with Gasteiger partial charge < -0.3 is 4.57 Å². The van der Waals surface area contributed by atoms with Gasteiger partial charge in [-0.25, -0.2) is 13.4 Å². The highest BCUT2D eigenvalue weighted by Gasteiger charge is 2.40. The van der Waals surface area contributed by atoms with Crippen LogP contribution in [-0.4, -0.2) is 35.4 Å². The SMILES string of the molecule is Cn1cnc(S(=O)(=O)N2C[C@@H](Cc3ccccc3)[C@H](c3ccccc3)C2)c1. The summed E-state index contributed by atoms with van der Waals surface area (Å²) in [4.78, 5) is 4.07. The van der Waals surface area contributed by atoms with Gasteiger partial charge in [-0.15, -0.1) is 0 Å². The number of nitrogens with zero attached hydrogens (tertiary/aromatic N) is 3. The fourth-order valence-electron chi connectivity index (χ4n) is 3.88. The Morgan fingerprint density at radius 1 is 1.00 bits per heavy atom. The van der Waals surface area contributed by atoms with Gasteiger partial charge in [0.2, 0.25) is 0 Å². The van der Waals surface area contributed by atoms with Crippen molar-refractivity contribution in [2.24, 2.45) is 13.0 Å². The molecule has 27 heavy (non-hydrogen) atoms. The first-order valence-corrected chi connectivity index (χ1v) is 10.5. The molecule has 6 heteroatoms. The summed E-state index contributed by atoms with van der Waals surface area (Å²) in [6.45, 7) is 0.994. The van der Waals surface area contributed by atoms with E-state index in [2.05, 4.69) is 29.2 Å². The van der Waals surface area contributed by atoms with Crippen molar-refractivity contribution in [3.8, 4) is 0 Å². The van der Waals surface area contributed by atoms with Crippen LogP contribution < -0.4 is 0 Å². The average molecular weight is 382 g/mol. The Morgan fingerprint density at radius 2 is 1.67 bits per heavy atom. The third-order valence-corrected chi connectivity index (χ3v) is 6.98. The first-order valence-electron chi connectivity index (χ1n) is 9.11. The van der Waals surface area contributed by atoms with E-state index >= 15 is 0 Å². The van der Waals surface area contributed by atoms with E-state index in [4.69, 9.17) is 0 Å². The number of hydrogen-bond donors (Lipinski definition) is 0. The van der Waals surface area contributed by atoms with Gasteiger partial charge in [0.25, 0.3) is 10.0 Å². The molecule has 0 aliphatic carbocycles. The number of hydrogen-bond acceptors (Lipinski definition) is 3. The van der Waals surface area contributed by atoms with Crippen LogP contribution in [0.1, 0.15) is 17.0 Å². The van der Waals surface area contributed by atoms with Crippen LogP contribution in [0.3, 0.4) is 0 Å². The molecular weight excluding hydrogens is 358 g/mol. The van der Waals surface area contributed by atoms with Gasteiger partial charge in [-0.05, 0) is 23.5 Å². The molecule has 140 valence electrons. The molecule has 0 spiro atoms. The van der Waals surface area contributed by atoms with Crippen LogP contribution in [0.5, 0.6) is 0 Å². The number of aryl methyl sites for hydroxylation is 1. The number of sulfonamides is 1. The Kier molecular flexibility index (Phi) is 4.85. The molecule has 2 aromatic carbocycles. The zero-order chi connectivity index (χ0) is 18.9. The van der Waals surface area contributed by atoms with Crippen LogP contribution in [0.2, 0.25) is 0 Å². The molecule has 1 fully saturated rings. The molecule has 0 radical (unpaired) electrons. The van der Waals surface area contributed by atoms with E-state index in [9.17, 15) is 8.42 Å². The van der Waals surface area contributed by atoms with E-state index in [0.29, 0.717) is 13.1 Å². The van der Waals surface area contributed by atoms with Crippen LogP contribution in [0, 0.1) is 5.92 Å². The molecule has 0 saturated carbocycles. The molecule has 0 amide bonds. The maximum Gasteiger partial charge on any atom is 0.262 e. The smallest absolute Gasteiger partial charge is 0.262 e. The fraction of sp³-hybridized carbons (Fsp3) is 0.286. The van der Waals surface area contributed by atoms with Gasteiger partial charge in [-0.1, -0.05) is 60.7 Å². The molecule has 4 rings (SSSR count). The van der Waals surface area contributed by atoms with E-state index in [-0.39, 0.29) is 16.9 Å². The van der Waals surface area contributed by atoms with Crippen LogP contribution in [-0.2, 0) is 23.5 Å². The van der Waals surface area contributed by atoms with E-state index in [1.165, 1.54) is 17.5 Å². The van der Waals surface area contributed by atoms with Crippen molar-refractivity contribution in [1.82, 2.24) is 13.9 Å².